The first-order chi connectivity index (χ1) is 25.1. The predicted octanol–water partition coefficient (Wildman–Crippen LogP) is 5.70. The molecular weight excluding hydrogens is 662 g/mol. The molecule has 15 nitrogen and oxygen atoms in total. The Bertz CT molecular complexity index is 2260. The van der Waals surface area contributed by atoms with E-state index in [1.165, 1.54) is 0 Å². The number of hydrogen-bond donors (Lipinski definition) is 3. The number of aromatic nitrogens is 8. The molecule has 0 radical (unpaired) electrons. The molecular formula is C37H45N11O4. The Labute approximate surface area is 301 Å². The maximum absolute atomic E-state index is 13.5. The predicted molar refractivity (Wildman–Crippen MR) is 199 cm³/mol. The quantitative estimate of drug-likeness (QED) is 0.107. The molecule has 4 N–H and O–H groups in total. The van der Waals surface area contributed by atoms with Crippen LogP contribution < -0.4 is 21.1 Å². The number of para-hydroxylation sites is 1. The number of aryl methyl sites for hydroxylation is 6. The molecule has 0 aliphatic carbocycles. The number of unbranched alkanes of at least 4 members (excludes halogenated alkanes) is 2. The third-order valence-electron chi connectivity index (χ3n) is 8.86. The number of anilines is 2. The van der Waals surface area contributed by atoms with Gasteiger partial charge in [-0.1, -0.05) is 19.4 Å². The number of hydrogen-bond acceptors (Lipinski definition) is 8. The standard InChI is InChI=1S/C37H45N11O4/c1-6-9-19-52-31-14-12-13-28-32(31)40-37(42-35(51)30-21-24(5)44-48(30)8-3)46(28)18-11-10-17-45-27-16-15-25(33(38)49)22-26(27)39-36(45)41-34(50)29-20-23(4)43-47(29)7-2/h12-16,20-22H,6-11,17-19H2,1-5H3,(H2,38,49)(H,39,41,50)(H,40,42,51). The lowest BCUT2D eigenvalue weighted by atomic mass is 10.2. The van der Waals surface area contributed by atoms with Crippen LogP contribution in [0.15, 0.2) is 48.5 Å². The highest BCUT2D eigenvalue weighted by Crippen LogP contribution is 2.30. The van der Waals surface area contributed by atoms with E-state index in [1.807, 2.05) is 55.0 Å². The fourth-order valence-electron chi connectivity index (χ4n) is 6.30. The zero-order valence-electron chi connectivity index (χ0n) is 30.3. The van der Waals surface area contributed by atoms with Crippen LogP contribution in [0.5, 0.6) is 5.75 Å². The molecule has 0 saturated carbocycles. The fourth-order valence-corrected chi connectivity index (χ4v) is 6.30. The summed E-state index contributed by atoms with van der Waals surface area (Å²) in [5, 5.41) is 14.8. The number of rotatable bonds is 16. The second-order valence-corrected chi connectivity index (χ2v) is 12.7. The molecule has 4 aromatic heterocycles. The maximum atomic E-state index is 13.5. The molecule has 6 rings (SSSR count). The molecule has 6 aromatic rings. The van der Waals surface area contributed by atoms with Crippen molar-refractivity contribution >= 4 is 51.7 Å². The van der Waals surface area contributed by atoms with E-state index in [2.05, 4.69) is 27.8 Å². The highest BCUT2D eigenvalue weighted by molar-refractivity contribution is 6.04. The molecule has 0 saturated heterocycles. The SMILES string of the molecule is CCCCOc1cccc2c1nc(NC(=O)c1cc(C)nn1CC)n2CCCCn1c(NC(=O)c2cc(C)nn2CC)nc2cc(C(N)=O)ccc21. The lowest BCUT2D eigenvalue weighted by Crippen LogP contribution is -2.20. The summed E-state index contributed by atoms with van der Waals surface area (Å²) in [5.74, 6) is 0.225. The van der Waals surface area contributed by atoms with E-state index in [0.717, 1.165) is 35.3 Å². The Morgan fingerprint density at radius 3 is 1.92 bits per heavy atom. The van der Waals surface area contributed by atoms with Gasteiger partial charge >= 0.3 is 0 Å². The van der Waals surface area contributed by atoms with E-state index in [0.29, 0.717) is 91.3 Å². The van der Waals surface area contributed by atoms with Gasteiger partial charge in [0.25, 0.3) is 11.8 Å². The molecule has 0 bridgehead atoms. The van der Waals surface area contributed by atoms with Crippen LogP contribution in [-0.4, -0.2) is 63.0 Å². The van der Waals surface area contributed by atoms with Crippen molar-refractivity contribution in [3.8, 4) is 5.75 Å². The number of carbonyl (C=O) groups excluding carboxylic acids is 3. The topological polar surface area (TPSA) is 182 Å². The van der Waals surface area contributed by atoms with Crippen LogP contribution in [0.3, 0.4) is 0 Å². The Morgan fingerprint density at radius 2 is 1.35 bits per heavy atom. The Hall–Kier alpha value is -5.99. The van der Waals surface area contributed by atoms with Gasteiger partial charge < -0.3 is 19.6 Å². The van der Waals surface area contributed by atoms with Gasteiger partial charge in [0.2, 0.25) is 17.8 Å². The summed E-state index contributed by atoms with van der Waals surface area (Å²) < 4.78 is 13.4. The van der Waals surface area contributed by atoms with Crippen molar-refractivity contribution in [3.63, 3.8) is 0 Å². The van der Waals surface area contributed by atoms with Gasteiger partial charge in [-0.2, -0.15) is 10.2 Å². The minimum atomic E-state index is -0.562. The van der Waals surface area contributed by atoms with Gasteiger partial charge in [0.05, 0.1) is 34.5 Å². The van der Waals surface area contributed by atoms with Gasteiger partial charge in [-0.15, -0.1) is 0 Å². The number of amides is 3. The minimum Gasteiger partial charge on any atom is -0.491 e. The summed E-state index contributed by atoms with van der Waals surface area (Å²) in [7, 11) is 0. The van der Waals surface area contributed by atoms with E-state index in [-0.39, 0.29) is 11.8 Å². The van der Waals surface area contributed by atoms with Crippen molar-refractivity contribution in [2.75, 3.05) is 17.2 Å². The molecule has 0 aliphatic heterocycles. The molecule has 15 heteroatoms. The third-order valence-corrected chi connectivity index (χ3v) is 8.86. The van der Waals surface area contributed by atoms with E-state index in [9.17, 15) is 14.4 Å². The maximum Gasteiger partial charge on any atom is 0.276 e. The third kappa shape index (κ3) is 7.38. The van der Waals surface area contributed by atoms with Crippen LogP contribution in [0.4, 0.5) is 11.9 Å². The minimum absolute atomic E-state index is 0.298. The van der Waals surface area contributed by atoms with Crippen molar-refractivity contribution in [1.29, 1.82) is 0 Å². The average molecular weight is 708 g/mol. The lowest BCUT2D eigenvalue weighted by molar-refractivity contribution is 0.0995. The molecule has 2 aromatic carbocycles. The summed E-state index contributed by atoms with van der Waals surface area (Å²) in [6.07, 6.45) is 3.29. The van der Waals surface area contributed by atoms with E-state index >= 15 is 0 Å². The monoisotopic (exact) mass is 707 g/mol. The number of nitrogens with two attached hydrogens (primary N) is 1. The number of nitrogens with zero attached hydrogens (tertiary/aromatic N) is 8. The summed E-state index contributed by atoms with van der Waals surface area (Å²) in [4.78, 5) is 48.5. The van der Waals surface area contributed by atoms with Gasteiger partial charge in [0.1, 0.15) is 22.7 Å². The van der Waals surface area contributed by atoms with Gasteiger partial charge in [0.15, 0.2) is 0 Å². The highest BCUT2D eigenvalue weighted by atomic mass is 16.5. The second kappa shape index (κ2) is 15.5. The first-order valence-corrected chi connectivity index (χ1v) is 17.8. The van der Waals surface area contributed by atoms with Crippen molar-refractivity contribution in [2.45, 2.75) is 86.5 Å². The average Bonchev–Trinajstić information content (AvgIpc) is 3.89. The van der Waals surface area contributed by atoms with Crippen LogP contribution in [-0.2, 0) is 26.2 Å². The first kappa shape index (κ1) is 35.8. The molecule has 0 atom stereocenters. The summed E-state index contributed by atoms with van der Waals surface area (Å²) in [6, 6.07) is 14.4. The molecule has 52 heavy (non-hydrogen) atoms. The largest absolute Gasteiger partial charge is 0.491 e. The molecule has 0 aliphatic rings. The number of imidazole rings is 2. The second-order valence-electron chi connectivity index (χ2n) is 12.7. The molecule has 272 valence electrons. The van der Waals surface area contributed by atoms with Crippen molar-refractivity contribution in [1.82, 2.24) is 38.7 Å². The zero-order chi connectivity index (χ0) is 36.9. The van der Waals surface area contributed by atoms with Crippen molar-refractivity contribution < 1.29 is 19.1 Å². The number of ether oxygens (including phenoxy) is 1. The Balaban J connectivity index is 1.27. The van der Waals surface area contributed by atoms with Crippen molar-refractivity contribution in [3.05, 3.63) is 76.9 Å². The van der Waals surface area contributed by atoms with Crippen LogP contribution in [0, 0.1) is 13.8 Å². The van der Waals surface area contributed by atoms with Gasteiger partial charge in [-0.3, -0.25) is 34.4 Å². The number of carbonyl (C=O) groups is 3. The number of benzene rings is 2. The summed E-state index contributed by atoms with van der Waals surface area (Å²) in [6.45, 7) is 12.4. The van der Waals surface area contributed by atoms with Crippen LogP contribution in [0.25, 0.3) is 22.1 Å². The zero-order valence-corrected chi connectivity index (χ0v) is 30.3. The summed E-state index contributed by atoms with van der Waals surface area (Å²) in [5.41, 5.74) is 11.1. The van der Waals surface area contributed by atoms with Gasteiger partial charge in [0, 0.05) is 31.7 Å². The fraction of sp³-hybridized carbons (Fsp3) is 0.378. The summed E-state index contributed by atoms with van der Waals surface area (Å²) >= 11 is 0. The molecule has 3 amide bonds. The van der Waals surface area contributed by atoms with E-state index in [1.54, 1.807) is 39.7 Å². The normalized spacial score (nSPS) is 11.4. The lowest BCUT2D eigenvalue weighted by Gasteiger charge is -2.13. The number of nitrogens with one attached hydrogen (secondary N) is 2. The van der Waals surface area contributed by atoms with Crippen molar-refractivity contribution in [2.24, 2.45) is 5.73 Å². The Morgan fingerprint density at radius 1 is 0.750 bits per heavy atom. The smallest absolute Gasteiger partial charge is 0.276 e. The van der Waals surface area contributed by atoms with Crippen LogP contribution in [0.1, 0.15) is 89.2 Å². The first-order valence-electron chi connectivity index (χ1n) is 17.8. The Kier molecular flexibility index (Phi) is 10.7. The molecule has 0 spiro atoms. The van der Waals surface area contributed by atoms with Gasteiger partial charge in [-0.25, -0.2) is 9.97 Å². The number of fused-ring (bicyclic) bond motifs is 2. The molecule has 4 heterocycles. The highest BCUT2D eigenvalue weighted by Gasteiger charge is 2.21. The molecule has 0 unspecified atom stereocenters. The van der Waals surface area contributed by atoms with Crippen LogP contribution >= 0.6 is 0 Å². The van der Waals surface area contributed by atoms with Gasteiger partial charge in [-0.05, 0) is 89.4 Å². The van der Waals surface area contributed by atoms with E-state index < -0.39 is 5.91 Å². The van der Waals surface area contributed by atoms with E-state index in [4.69, 9.17) is 20.4 Å². The molecule has 0 fully saturated rings. The number of primary amides is 1. The van der Waals surface area contributed by atoms with Crippen LogP contribution in [0.2, 0.25) is 0 Å².